The molecule has 1 aromatic rings. The molecule has 1 aromatic carbocycles. The molecule has 0 aromatic heterocycles. The van der Waals surface area contributed by atoms with Crippen molar-refractivity contribution in [3.8, 4) is 0 Å². The van der Waals surface area contributed by atoms with E-state index in [1.165, 1.54) is 11.1 Å². The smallest absolute Gasteiger partial charge is 0.0568 e. The summed E-state index contributed by atoms with van der Waals surface area (Å²) in [7, 11) is 2.17. The lowest BCUT2D eigenvalue weighted by molar-refractivity contribution is 0.315. The highest BCUT2D eigenvalue weighted by Crippen LogP contribution is 2.12. The molecule has 82 valence electrons. The van der Waals surface area contributed by atoms with Crippen molar-refractivity contribution in [3.63, 3.8) is 0 Å². The molecular weight excluding hydrogens is 184 g/mol. The first-order valence-corrected chi connectivity index (χ1v) is 5.67. The van der Waals surface area contributed by atoms with E-state index >= 15 is 0 Å². The molecule has 2 nitrogen and oxygen atoms in total. The maximum absolute atomic E-state index is 3.59. The van der Waals surface area contributed by atoms with Crippen LogP contribution in [0.25, 0.3) is 0 Å². The number of nitrogens with zero attached hydrogens (tertiary/aromatic N) is 1. The van der Waals surface area contributed by atoms with Crippen LogP contribution in [0.2, 0.25) is 0 Å². The predicted molar refractivity (Wildman–Crippen MR) is 63.9 cm³/mol. The average Bonchev–Trinajstić information content (AvgIpc) is 2.50. The van der Waals surface area contributed by atoms with Gasteiger partial charge >= 0.3 is 0 Å². The van der Waals surface area contributed by atoms with Gasteiger partial charge in [0.1, 0.15) is 0 Å². The molecule has 2 unspecified atom stereocenters. The summed E-state index contributed by atoms with van der Waals surface area (Å²) in [5.41, 5.74) is 2.77. The Morgan fingerprint density at radius 1 is 1.33 bits per heavy atom. The number of likely N-dealkylation sites (N-methyl/N-ethyl adjacent to an activating group) is 1. The van der Waals surface area contributed by atoms with Crippen LogP contribution in [0.1, 0.15) is 18.1 Å². The first kappa shape index (κ1) is 10.7. The van der Waals surface area contributed by atoms with E-state index in [2.05, 4.69) is 55.4 Å². The molecule has 0 spiro atoms. The van der Waals surface area contributed by atoms with Crippen molar-refractivity contribution in [3.05, 3.63) is 35.4 Å². The number of benzene rings is 1. The van der Waals surface area contributed by atoms with Gasteiger partial charge in [0.15, 0.2) is 0 Å². The van der Waals surface area contributed by atoms with Crippen LogP contribution >= 0.6 is 0 Å². The van der Waals surface area contributed by atoms with Gasteiger partial charge in [-0.25, -0.2) is 0 Å². The predicted octanol–water partition coefficient (Wildman–Crippen LogP) is 1.79. The maximum atomic E-state index is 3.59. The zero-order chi connectivity index (χ0) is 10.8. The highest BCUT2D eigenvalue weighted by Gasteiger charge is 2.24. The van der Waals surface area contributed by atoms with Crippen LogP contribution in [-0.2, 0) is 6.42 Å². The second-order valence-corrected chi connectivity index (χ2v) is 4.67. The number of hydrogen-bond donors (Lipinski definition) is 1. The Morgan fingerprint density at radius 2 is 2.00 bits per heavy atom. The summed E-state index contributed by atoms with van der Waals surface area (Å²) in [5.74, 6) is 0. The molecule has 0 amide bonds. The van der Waals surface area contributed by atoms with Gasteiger partial charge in [-0.05, 0) is 32.9 Å². The van der Waals surface area contributed by atoms with E-state index in [9.17, 15) is 0 Å². The molecule has 2 rings (SSSR count). The molecule has 0 aliphatic carbocycles. The second-order valence-electron chi connectivity index (χ2n) is 4.67. The molecule has 1 N–H and O–H groups in total. The summed E-state index contributed by atoms with van der Waals surface area (Å²) in [5, 5.41) is 3.59. The Balaban J connectivity index is 1.95. The van der Waals surface area contributed by atoms with E-state index < -0.39 is 0 Å². The first-order valence-electron chi connectivity index (χ1n) is 5.67. The molecular formula is C13H20N2. The molecule has 2 heteroatoms. The van der Waals surface area contributed by atoms with Crippen molar-refractivity contribution < 1.29 is 0 Å². The second kappa shape index (κ2) is 4.33. The van der Waals surface area contributed by atoms with Gasteiger partial charge in [-0.2, -0.15) is 0 Å². The molecule has 15 heavy (non-hydrogen) atoms. The van der Waals surface area contributed by atoms with Crippen molar-refractivity contribution in [2.45, 2.75) is 32.5 Å². The first-order chi connectivity index (χ1) is 7.15. The fraction of sp³-hybridized carbons (Fsp3) is 0.538. The lowest BCUT2D eigenvalue weighted by atomic mass is 10.1. The third-order valence-corrected chi connectivity index (χ3v) is 3.25. The molecule has 0 radical (unpaired) electrons. The van der Waals surface area contributed by atoms with Gasteiger partial charge < -0.3 is 0 Å². The summed E-state index contributed by atoms with van der Waals surface area (Å²) in [6, 6.07) is 9.46. The van der Waals surface area contributed by atoms with Crippen molar-refractivity contribution in [2.24, 2.45) is 0 Å². The Kier molecular flexibility index (Phi) is 3.08. The zero-order valence-electron chi connectivity index (χ0n) is 9.83. The van der Waals surface area contributed by atoms with Gasteiger partial charge in [0.25, 0.3) is 0 Å². The molecule has 1 fully saturated rings. The average molecular weight is 204 g/mol. The molecule has 0 saturated carbocycles. The van der Waals surface area contributed by atoms with Gasteiger partial charge in [0.05, 0.1) is 6.17 Å². The van der Waals surface area contributed by atoms with Crippen LogP contribution in [0.4, 0.5) is 0 Å². The van der Waals surface area contributed by atoms with E-state index in [1.807, 2.05) is 0 Å². The Morgan fingerprint density at radius 3 is 2.53 bits per heavy atom. The third kappa shape index (κ3) is 2.58. The maximum Gasteiger partial charge on any atom is 0.0568 e. The minimum Gasteiger partial charge on any atom is -0.298 e. The van der Waals surface area contributed by atoms with Gasteiger partial charge in [-0.1, -0.05) is 29.8 Å². The topological polar surface area (TPSA) is 15.3 Å². The number of hydrogen-bond acceptors (Lipinski definition) is 2. The molecule has 1 aliphatic heterocycles. The highest BCUT2D eigenvalue weighted by atomic mass is 15.3. The normalized spacial score (nSPS) is 27.1. The van der Waals surface area contributed by atoms with Gasteiger partial charge in [-0.15, -0.1) is 0 Å². The van der Waals surface area contributed by atoms with Crippen LogP contribution in [0.5, 0.6) is 0 Å². The van der Waals surface area contributed by atoms with Crippen LogP contribution < -0.4 is 5.32 Å². The van der Waals surface area contributed by atoms with Crippen molar-refractivity contribution in [1.29, 1.82) is 0 Å². The summed E-state index contributed by atoms with van der Waals surface area (Å²) in [6.07, 6.45) is 1.65. The molecule has 2 atom stereocenters. The minimum absolute atomic E-state index is 0.514. The summed E-state index contributed by atoms with van der Waals surface area (Å²) >= 11 is 0. The Labute approximate surface area is 92.3 Å². The Hall–Kier alpha value is -0.860. The summed E-state index contributed by atoms with van der Waals surface area (Å²) < 4.78 is 0. The largest absolute Gasteiger partial charge is 0.298 e. The monoisotopic (exact) mass is 204 g/mol. The van der Waals surface area contributed by atoms with Crippen molar-refractivity contribution >= 4 is 0 Å². The third-order valence-electron chi connectivity index (χ3n) is 3.25. The molecule has 1 aliphatic rings. The van der Waals surface area contributed by atoms with Crippen LogP contribution in [-0.4, -0.2) is 30.7 Å². The lowest BCUT2D eigenvalue weighted by Crippen LogP contribution is -2.32. The van der Waals surface area contributed by atoms with E-state index in [-0.39, 0.29) is 0 Å². The fourth-order valence-corrected chi connectivity index (χ4v) is 2.16. The number of aryl methyl sites for hydroxylation is 1. The number of rotatable bonds is 2. The van der Waals surface area contributed by atoms with Crippen molar-refractivity contribution in [2.75, 3.05) is 13.6 Å². The SMILES string of the molecule is Cc1ccc(CC2CN(C)C(C)N2)cc1. The summed E-state index contributed by atoms with van der Waals surface area (Å²) in [4.78, 5) is 2.36. The molecule has 1 heterocycles. The quantitative estimate of drug-likeness (QED) is 0.790. The van der Waals surface area contributed by atoms with Crippen LogP contribution in [0.15, 0.2) is 24.3 Å². The minimum atomic E-state index is 0.514. The lowest BCUT2D eigenvalue weighted by Gasteiger charge is -2.11. The van der Waals surface area contributed by atoms with E-state index in [0.29, 0.717) is 12.2 Å². The van der Waals surface area contributed by atoms with Gasteiger partial charge in [0.2, 0.25) is 0 Å². The fourth-order valence-electron chi connectivity index (χ4n) is 2.16. The van der Waals surface area contributed by atoms with E-state index in [0.717, 1.165) is 13.0 Å². The van der Waals surface area contributed by atoms with E-state index in [1.54, 1.807) is 0 Å². The Bertz CT molecular complexity index is 308. The zero-order valence-corrected chi connectivity index (χ0v) is 9.83. The van der Waals surface area contributed by atoms with Gasteiger partial charge in [0, 0.05) is 12.6 Å². The molecule has 0 bridgehead atoms. The van der Waals surface area contributed by atoms with Crippen LogP contribution in [0, 0.1) is 6.92 Å². The van der Waals surface area contributed by atoms with E-state index in [4.69, 9.17) is 0 Å². The summed E-state index contributed by atoms with van der Waals surface area (Å²) in [6.45, 7) is 5.50. The molecule has 1 saturated heterocycles. The van der Waals surface area contributed by atoms with Gasteiger partial charge in [-0.3, -0.25) is 10.2 Å². The van der Waals surface area contributed by atoms with Crippen LogP contribution in [0.3, 0.4) is 0 Å². The highest BCUT2D eigenvalue weighted by molar-refractivity contribution is 5.22. The standard InChI is InChI=1S/C13H20N2/c1-10-4-6-12(7-5-10)8-13-9-15(3)11(2)14-13/h4-7,11,13-14H,8-9H2,1-3H3. The van der Waals surface area contributed by atoms with Crippen molar-refractivity contribution in [1.82, 2.24) is 10.2 Å². The number of nitrogens with one attached hydrogen (secondary N) is 1.